The van der Waals surface area contributed by atoms with Crippen molar-refractivity contribution >= 4 is 5.82 Å². The van der Waals surface area contributed by atoms with E-state index in [0.29, 0.717) is 5.82 Å². The Kier molecular flexibility index (Phi) is 3.78. The van der Waals surface area contributed by atoms with E-state index in [2.05, 4.69) is 22.9 Å². The number of aromatic nitrogens is 1. The van der Waals surface area contributed by atoms with Gasteiger partial charge in [-0.05, 0) is 37.4 Å². The summed E-state index contributed by atoms with van der Waals surface area (Å²) in [7, 11) is 0. The van der Waals surface area contributed by atoms with Crippen molar-refractivity contribution in [2.75, 3.05) is 12.3 Å². The van der Waals surface area contributed by atoms with Gasteiger partial charge in [-0.3, -0.25) is 4.90 Å². The number of likely N-dealkylation sites (tertiary alicyclic amines) is 1. The van der Waals surface area contributed by atoms with E-state index < -0.39 is 0 Å². The first-order chi connectivity index (χ1) is 7.79. The molecule has 1 unspecified atom stereocenters. The molecule has 2 heterocycles. The highest BCUT2D eigenvalue weighted by Gasteiger charge is 2.20. The number of piperidine rings is 1. The van der Waals surface area contributed by atoms with E-state index in [1.807, 2.05) is 12.3 Å². The largest absolute Gasteiger partial charge is 0.384 e. The van der Waals surface area contributed by atoms with Gasteiger partial charge < -0.3 is 5.73 Å². The van der Waals surface area contributed by atoms with Gasteiger partial charge in [-0.15, -0.1) is 0 Å². The molecule has 1 atom stereocenters. The normalized spacial score (nSPS) is 22.2. The van der Waals surface area contributed by atoms with Crippen molar-refractivity contribution in [3.63, 3.8) is 0 Å². The molecule has 1 aromatic heterocycles. The van der Waals surface area contributed by atoms with Gasteiger partial charge in [-0.1, -0.05) is 19.4 Å². The number of pyridine rings is 1. The van der Waals surface area contributed by atoms with Crippen molar-refractivity contribution in [2.45, 2.75) is 45.2 Å². The molecule has 1 aliphatic rings. The molecule has 3 heteroatoms. The van der Waals surface area contributed by atoms with E-state index in [1.165, 1.54) is 37.8 Å². The van der Waals surface area contributed by atoms with Gasteiger partial charge in [0.05, 0.1) is 0 Å². The molecule has 3 nitrogen and oxygen atoms in total. The van der Waals surface area contributed by atoms with Gasteiger partial charge in [0.2, 0.25) is 0 Å². The van der Waals surface area contributed by atoms with Crippen molar-refractivity contribution in [3.05, 3.63) is 23.9 Å². The van der Waals surface area contributed by atoms with Crippen LogP contribution in [0.1, 0.15) is 38.2 Å². The highest BCUT2D eigenvalue weighted by atomic mass is 15.2. The van der Waals surface area contributed by atoms with Gasteiger partial charge in [-0.25, -0.2) is 4.98 Å². The molecule has 88 valence electrons. The first-order valence-corrected chi connectivity index (χ1v) is 6.24. The second-order valence-corrected chi connectivity index (χ2v) is 4.62. The van der Waals surface area contributed by atoms with Crippen molar-refractivity contribution in [3.8, 4) is 0 Å². The zero-order chi connectivity index (χ0) is 11.4. The van der Waals surface area contributed by atoms with E-state index in [-0.39, 0.29) is 0 Å². The fourth-order valence-electron chi connectivity index (χ4n) is 2.49. The average molecular weight is 219 g/mol. The lowest BCUT2D eigenvalue weighted by Gasteiger charge is -2.35. The SMILES string of the molecule is CCC1CCCCN1Cc1ccc(N)nc1. The zero-order valence-electron chi connectivity index (χ0n) is 10.0. The predicted octanol–water partition coefficient (Wildman–Crippen LogP) is 2.43. The fourth-order valence-corrected chi connectivity index (χ4v) is 2.49. The summed E-state index contributed by atoms with van der Waals surface area (Å²) in [6.45, 7) is 4.53. The molecular formula is C13H21N3. The predicted molar refractivity (Wildman–Crippen MR) is 67.0 cm³/mol. The third kappa shape index (κ3) is 2.73. The van der Waals surface area contributed by atoms with Gasteiger partial charge in [0.15, 0.2) is 0 Å². The van der Waals surface area contributed by atoms with Crippen LogP contribution in [-0.2, 0) is 6.54 Å². The molecule has 0 bridgehead atoms. The van der Waals surface area contributed by atoms with Crippen LogP contribution in [0.15, 0.2) is 18.3 Å². The number of nitrogens with zero attached hydrogens (tertiary/aromatic N) is 2. The van der Waals surface area contributed by atoms with Crippen molar-refractivity contribution in [1.82, 2.24) is 9.88 Å². The lowest BCUT2D eigenvalue weighted by Crippen LogP contribution is -2.38. The highest BCUT2D eigenvalue weighted by Crippen LogP contribution is 2.21. The molecule has 0 saturated carbocycles. The molecule has 2 rings (SSSR count). The Morgan fingerprint density at radius 1 is 1.44 bits per heavy atom. The second-order valence-electron chi connectivity index (χ2n) is 4.62. The summed E-state index contributed by atoms with van der Waals surface area (Å²) in [5.41, 5.74) is 6.86. The zero-order valence-corrected chi connectivity index (χ0v) is 10.0. The van der Waals surface area contributed by atoms with E-state index in [4.69, 9.17) is 5.73 Å². The Morgan fingerprint density at radius 2 is 2.31 bits per heavy atom. The van der Waals surface area contributed by atoms with Crippen LogP contribution in [-0.4, -0.2) is 22.5 Å². The van der Waals surface area contributed by atoms with Crippen LogP contribution in [0.25, 0.3) is 0 Å². The molecule has 0 amide bonds. The Labute approximate surface area is 97.7 Å². The molecule has 1 aliphatic heterocycles. The van der Waals surface area contributed by atoms with Crippen molar-refractivity contribution in [1.29, 1.82) is 0 Å². The maximum absolute atomic E-state index is 5.59. The van der Waals surface area contributed by atoms with Crippen molar-refractivity contribution in [2.24, 2.45) is 0 Å². The van der Waals surface area contributed by atoms with Gasteiger partial charge in [0, 0.05) is 18.8 Å². The molecule has 1 saturated heterocycles. The van der Waals surface area contributed by atoms with Crippen LogP contribution in [0, 0.1) is 0 Å². The molecule has 2 N–H and O–H groups in total. The monoisotopic (exact) mass is 219 g/mol. The van der Waals surface area contributed by atoms with Gasteiger partial charge in [-0.2, -0.15) is 0 Å². The van der Waals surface area contributed by atoms with Gasteiger partial charge in [0.25, 0.3) is 0 Å². The minimum absolute atomic E-state index is 0.606. The Balaban J connectivity index is 1.99. The molecule has 0 aromatic carbocycles. The molecule has 0 radical (unpaired) electrons. The highest BCUT2D eigenvalue weighted by molar-refractivity contribution is 5.29. The summed E-state index contributed by atoms with van der Waals surface area (Å²) in [5.74, 6) is 0.606. The summed E-state index contributed by atoms with van der Waals surface area (Å²) in [4.78, 5) is 6.73. The number of rotatable bonds is 3. The van der Waals surface area contributed by atoms with Crippen LogP contribution in [0.3, 0.4) is 0 Å². The van der Waals surface area contributed by atoms with Crippen LogP contribution in [0.2, 0.25) is 0 Å². The summed E-state index contributed by atoms with van der Waals surface area (Å²) in [6.07, 6.45) is 7.21. The minimum Gasteiger partial charge on any atom is -0.384 e. The van der Waals surface area contributed by atoms with Crippen LogP contribution >= 0.6 is 0 Å². The maximum atomic E-state index is 5.59. The average Bonchev–Trinajstić information content (AvgIpc) is 2.33. The Morgan fingerprint density at radius 3 is 3.00 bits per heavy atom. The summed E-state index contributed by atoms with van der Waals surface area (Å²) in [6, 6.07) is 4.73. The lowest BCUT2D eigenvalue weighted by molar-refractivity contribution is 0.136. The number of anilines is 1. The van der Waals surface area contributed by atoms with E-state index in [9.17, 15) is 0 Å². The van der Waals surface area contributed by atoms with Gasteiger partial charge >= 0.3 is 0 Å². The summed E-state index contributed by atoms with van der Waals surface area (Å²) >= 11 is 0. The fraction of sp³-hybridized carbons (Fsp3) is 0.615. The number of hydrogen-bond donors (Lipinski definition) is 1. The maximum Gasteiger partial charge on any atom is 0.123 e. The smallest absolute Gasteiger partial charge is 0.123 e. The lowest BCUT2D eigenvalue weighted by atomic mass is 9.99. The summed E-state index contributed by atoms with van der Waals surface area (Å²) in [5, 5.41) is 0. The first kappa shape index (κ1) is 11.4. The third-order valence-corrected chi connectivity index (χ3v) is 3.45. The quantitative estimate of drug-likeness (QED) is 0.849. The van der Waals surface area contributed by atoms with Gasteiger partial charge in [0.1, 0.15) is 5.82 Å². The van der Waals surface area contributed by atoms with Crippen LogP contribution < -0.4 is 5.73 Å². The van der Waals surface area contributed by atoms with Crippen LogP contribution in [0.4, 0.5) is 5.82 Å². The second kappa shape index (κ2) is 5.30. The molecule has 1 aromatic rings. The van der Waals surface area contributed by atoms with Crippen LogP contribution in [0.5, 0.6) is 0 Å². The van der Waals surface area contributed by atoms with E-state index in [0.717, 1.165) is 12.6 Å². The number of hydrogen-bond acceptors (Lipinski definition) is 3. The molecule has 1 fully saturated rings. The van der Waals surface area contributed by atoms with E-state index in [1.54, 1.807) is 0 Å². The van der Waals surface area contributed by atoms with E-state index >= 15 is 0 Å². The Hall–Kier alpha value is -1.09. The molecule has 0 aliphatic carbocycles. The number of nitrogens with two attached hydrogens (primary N) is 1. The van der Waals surface area contributed by atoms with Crippen molar-refractivity contribution < 1.29 is 0 Å². The molecule has 0 spiro atoms. The minimum atomic E-state index is 0.606. The molecular weight excluding hydrogens is 198 g/mol. The molecule has 16 heavy (non-hydrogen) atoms. The standard InChI is InChI=1S/C13H21N3/c1-2-12-5-3-4-8-16(12)10-11-6-7-13(14)15-9-11/h6-7,9,12H,2-5,8,10H2,1H3,(H2,14,15). The topological polar surface area (TPSA) is 42.1 Å². The third-order valence-electron chi connectivity index (χ3n) is 3.45. The first-order valence-electron chi connectivity index (χ1n) is 6.24. The Bertz CT molecular complexity index is 320. The number of nitrogen functional groups attached to an aromatic ring is 1. The summed E-state index contributed by atoms with van der Waals surface area (Å²) < 4.78 is 0.